The second kappa shape index (κ2) is 7.32. The molecule has 0 saturated heterocycles. The van der Waals surface area contributed by atoms with Crippen LogP contribution in [-0.4, -0.2) is 44.8 Å². The van der Waals surface area contributed by atoms with Crippen molar-refractivity contribution in [2.45, 2.75) is 13.3 Å². The van der Waals surface area contributed by atoms with E-state index in [1.807, 2.05) is 0 Å². The van der Waals surface area contributed by atoms with Crippen LogP contribution in [0.1, 0.15) is 33.0 Å². The summed E-state index contributed by atoms with van der Waals surface area (Å²) in [5.41, 5.74) is 0.284. The molecule has 0 aliphatic carbocycles. The van der Waals surface area contributed by atoms with Gasteiger partial charge in [-0.2, -0.15) is 4.98 Å². The van der Waals surface area contributed by atoms with E-state index >= 15 is 0 Å². The lowest BCUT2D eigenvalue weighted by atomic mass is 10.4. The summed E-state index contributed by atoms with van der Waals surface area (Å²) < 4.78 is 6.17. The normalized spacial score (nSPS) is 10.5. The SMILES string of the molecule is CCOC(=O)c1csc(CCNC(=O)c2nc(Cl)n(C)n2)n1. The molecular formula is C12H14ClN5O3S. The van der Waals surface area contributed by atoms with Gasteiger partial charge in [-0.05, 0) is 18.5 Å². The van der Waals surface area contributed by atoms with Crippen molar-refractivity contribution in [1.29, 1.82) is 0 Å². The van der Waals surface area contributed by atoms with E-state index in [9.17, 15) is 9.59 Å². The maximum absolute atomic E-state index is 11.8. The first kappa shape index (κ1) is 16.4. The molecule has 0 bridgehead atoms. The number of hydrogen-bond acceptors (Lipinski definition) is 7. The minimum atomic E-state index is -0.443. The van der Waals surface area contributed by atoms with Gasteiger partial charge in [0.25, 0.3) is 5.91 Å². The van der Waals surface area contributed by atoms with Crippen LogP contribution in [0.25, 0.3) is 0 Å². The van der Waals surface area contributed by atoms with E-state index in [0.717, 1.165) is 5.01 Å². The lowest BCUT2D eigenvalue weighted by Gasteiger charge is -2.00. The molecule has 0 atom stereocenters. The van der Waals surface area contributed by atoms with Crippen LogP contribution in [0.15, 0.2) is 5.38 Å². The molecular weight excluding hydrogens is 330 g/mol. The first-order chi connectivity index (χ1) is 10.5. The van der Waals surface area contributed by atoms with Crippen molar-refractivity contribution in [1.82, 2.24) is 25.1 Å². The van der Waals surface area contributed by atoms with Gasteiger partial charge < -0.3 is 10.1 Å². The number of aryl methyl sites for hydroxylation is 1. The van der Waals surface area contributed by atoms with E-state index in [-0.39, 0.29) is 16.8 Å². The van der Waals surface area contributed by atoms with E-state index in [1.54, 1.807) is 19.4 Å². The van der Waals surface area contributed by atoms with Crippen LogP contribution in [0.5, 0.6) is 0 Å². The standard InChI is InChI=1S/C12H14ClN5O3S/c1-3-21-11(20)7-6-22-8(15-7)4-5-14-10(19)9-16-12(13)18(2)17-9/h6H,3-5H2,1-2H3,(H,14,19). The third kappa shape index (κ3) is 4.01. The molecule has 0 spiro atoms. The van der Waals surface area contributed by atoms with E-state index < -0.39 is 11.9 Å². The number of nitrogens with zero attached hydrogens (tertiary/aromatic N) is 4. The molecule has 2 rings (SSSR count). The summed E-state index contributed by atoms with van der Waals surface area (Å²) in [6.45, 7) is 2.39. The molecule has 1 N–H and O–H groups in total. The van der Waals surface area contributed by atoms with Crippen molar-refractivity contribution in [2.75, 3.05) is 13.2 Å². The number of hydrogen-bond donors (Lipinski definition) is 1. The molecule has 0 aliphatic heterocycles. The van der Waals surface area contributed by atoms with Gasteiger partial charge in [0, 0.05) is 25.4 Å². The van der Waals surface area contributed by atoms with E-state index in [1.165, 1.54) is 16.0 Å². The van der Waals surface area contributed by atoms with Gasteiger partial charge in [0.05, 0.1) is 11.6 Å². The number of rotatable bonds is 6. The monoisotopic (exact) mass is 343 g/mol. The maximum atomic E-state index is 11.8. The number of amides is 1. The van der Waals surface area contributed by atoms with Crippen molar-refractivity contribution in [2.24, 2.45) is 7.05 Å². The Hall–Kier alpha value is -2.00. The molecule has 118 valence electrons. The van der Waals surface area contributed by atoms with Crippen LogP contribution in [-0.2, 0) is 18.2 Å². The zero-order valence-electron chi connectivity index (χ0n) is 12.0. The Kier molecular flexibility index (Phi) is 5.45. The molecule has 1 amide bonds. The number of aromatic nitrogens is 4. The van der Waals surface area contributed by atoms with Crippen molar-refractivity contribution in [3.63, 3.8) is 0 Å². The Morgan fingerprint density at radius 2 is 2.23 bits per heavy atom. The van der Waals surface area contributed by atoms with Crippen LogP contribution in [0.3, 0.4) is 0 Å². The Morgan fingerprint density at radius 3 is 2.86 bits per heavy atom. The predicted molar refractivity (Wildman–Crippen MR) is 80.1 cm³/mol. The lowest BCUT2D eigenvalue weighted by Crippen LogP contribution is -2.26. The molecule has 0 aliphatic rings. The average Bonchev–Trinajstić information content (AvgIpc) is 3.07. The van der Waals surface area contributed by atoms with Gasteiger partial charge in [0.2, 0.25) is 11.1 Å². The van der Waals surface area contributed by atoms with Gasteiger partial charge in [-0.1, -0.05) is 0 Å². The first-order valence-corrected chi connectivity index (χ1v) is 7.73. The fourth-order valence-corrected chi connectivity index (χ4v) is 2.43. The third-order valence-electron chi connectivity index (χ3n) is 2.57. The second-order valence-corrected chi connectivity index (χ2v) is 5.46. The minimum absolute atomic E-state index is 0.0128. The predicted octanol–water partition coefficient (Wildman–Crippen LogP) is 1.07. The first-order valence-electron chi connectivity index (χ1n) is 6.47. The molecule has 0 aromatic carbocycles. The lowest BCUT2D eigenvalue weighted by molar-refractivity contribution is 0.0520. The fourth-order valence-electron chi connectivity index (χ4n) is 1.55. The van der Waals surface area contributed by atoms with Crippen molar-refractivity contribution >= 4 is 34.8 Å². The maximum Gasteiger partial charge on any atom is 0.357 e. The van der Waals surface area contributed by atoms with Gasteiger partial charge in [-0.3, -0.25) is 4.79 Å². The summed E-state index contributed by atoms with van der Waals surface area (Å²) >= 11 is 7.06. The summed E-state index contributed by atoms with van der Waals surface area (Å²) in [5, 5.41) is 9.05. The summed E-state index contributed by atoms with van der Waals surface area (Å²) in [7, 11) is 1.60. The fraction of sp³-hybridized carbons (Fsp3) is 0.417. The van der Waals surface area contributed by atoms with Crippen molar-refractivity contribution in [3.8, 4) is 0 Å². The Bertz CT molecular complexity index is 665. The Labute approximate surface area is 135 Å². The van der Waals surface area contributed by atoms with E-state index in [4.69, 9.17) is 16.3 Å². The summed E-state index contributed by atoms with van der Waals surface area (Å²) in [6.07, 6.45) is 0.496. The van der Waals surface area contributed by atoms with E-state index in [0.29, 0.717) is 19.6 Å². The number of esters is 1. The number of halogens is 1. The van der Waals surface area contributed by atoms with Crippen LogP contribution in [0.4, 0.5) is 0 Å². The van der Waals surface area contributed by atoms with Crippen LogP contribution in [0, 0.1) is 0 Å². The molecule has 0 radical (unpaired) electrons. The second-order valence-electron chi connectivity index (χ2n) is 4.18. The van der Waals surface area contributed by atoms with E-state index in [2.05, 4.69) is 20.4 Å². The van der Waals surface area contributed by atoms with Gasteiger partial charge in [-0.15, -0.1) is 16.4 Å². The highest BCUT2D eigenvalue weighted by molar-refractivity contribution is 7.09. The highest BCUT2D eigenvalue weighted by atomic mass is 35.5. The molecule has 2 aromatic rings. The van der Waals surface area contributed by atoms with Crippen molar-refractivity contribution in [3.05, 3.63) is 27.2 Å². The zero-order chi connectivity index (χ0) is 16.1. The van der Waals surface area contributed by atoms with Gasteiger partial charge in [0.1, 0.15) is 0 Å². The van der Waals surface area contributed by atoms with Crippen LogP contribution in [0.2, 0.25) is 5.28 Å². The van der Waals surface area contributed by atoms with Gasteiger partial charge in [0.15, 0.2) is 5.69 Å². The zero-order valence-corrected chi connectivity index (χ0v) is 13.6. The molecule has 0 unspecified atom stereocenters. The van der Waals surface area contributed by atoms with Crippen LogP contribution < -0.4 is 5.32 Å². The number of carbonyl (C=O) groups is 2. The van der Waals surface area contributed by atoms with Gasteiger partial charge >= 0.3 is 5.97 Å². The molecule has 10 heteroatoms. The number of nitrogens with one attached hydrogen (secondary N) is 1. The average molecular weight is 344 g/mol. The molecule has 22 heavy (non-hydrogen) atoms. The summed E-state index contributed by atoms with van der Waals surface area (Å²) in [4.78, 5) is 31.2. The largest absolute Gasteiger partial charge is 0.461 e. The molecule has 8 nitrogen and oxygen atoms in total. The number of carbonyl (C=O) groups excluding carboxylic acids is 2. The van der Waals surface area contributed by atoms with Crippen molar-refractivity contribution < 1.29 is 14.3 Å². The smallest absolute Gasteiger partial charge is 0.357 e. The number of ether oxygens (including phenoxy) is 1. The summed E-state index contributed by atoms with van der Waals surface area (Å²) in [5.74, 6) is -0.843. The highest BCUT2D eigenvalue weighted by Crippen LogP contribution is 2.11. The molecule has 2 heterocycles. The molecule has 0 fully saturated rings. The molecule has 0 saturated carbocycles. The molecule has 2 aromatic heterocycles. The van der Waals surface area contributed by atoms with Crippen LogP contribution >= 0.6 is 22.9 Å². The topological polar surface area (TPSA) is 99.0 Å². The number of thiazole rings is 1. The Balaban J connectivity index is 1.83. The van der Waals surface area contributed by atoms with Gasteiger partial charge in [-0.25, -0.2) is 14.5 Å². The third-order valence-corrected chi connectivity index (χ3v) is 3.81. The quantitative estimate of drug-likeness (QED) is 0.788. The minimum Gasteiger partial charge on any atom is -0.461 e. The Morgan fingerprint density at radius 1 is 1.45 bits per heavy atom. The summed E-state index contributed by atoms with van der Waals surface area (Å²) in [6, 6.07) is 0. The highest BCUT2D eigenvalue weighted by Gasteiger charge is 2.14.